The van der Waals surface area contributed by atoms with Gasteiger partial charge in [-0.2, -0.15) is 0 Å². The fourth-order valence-electron chi connectivity index (χ4n) is 2.07. The number of methoxy groups -OCH3 is 1. The second-order valence-electron chi connectivity index (χ2n) is 4.56. The van der Waals surface area contributed by atoms with E-state index in [0.717, 1.165) is 35.1 Å². The van der Waals surface area contributed by atoms with Crippen LogP contribution in [0.1, 0.15) is 18.3 Å². The number of anilines is 3. The van der Waals surface area contributed by atoms with Crippen LogP contribution in [0.25, 0.3) is 0 Å². The van der Waals surface area contributed by atoms with Gasteiger partial charge in [0.1, 0.15) is 23.2 Å². The van der Waals surface area contributed by atoms with Gasteiger partial charge in [-0.05, 0) is 19.1 Å². The van der Waals surface area contributed by atoms with Gasteiger partial charge in [0.05, 0.1) is 12.8 Å². The third kappa shape index (κ3) is 2.52. The number of nitrogens with zero attached hydrogens (tertiary/aromatic N) is 3. The van der Waals surface area contributed by atoms with Crippen molar-refractivity contribution in [3.05, 3.63) is 35.7 Å². The Hall–Kier alpha value is -2.30. The highest BCUT2D eigenvalue weighted by atomic mass is 16.5. The van der Waals surface area contributed by atoms with Crippen molar-refractivity contribution in [2.75, 3.05) is 24.8 Å². The molecule has 0 unspecified atom stereocenters. The molecule has 0 aliphatic rings. The molecule has 0 saturated carbocycles. The maximum Gasteiger partial charge on any atom is 0.142 e. The Bertz CT molecular complexity index is 613. The van der Waals surface area contributed by atoms with Crippen molar-refractivity contribution in [2.45, 2.75) is 20.3 Å². The molecule has 0 atom stereocenters. The van der Waals surface area contributed by atoms with Gasteiger partial charge in [-0.15, -0.1) is 0 Å². The molecule has 0 saturated heterocycles. The zero-order chi connectivity index (χ0) is 14.7. The summed E-state index contributed by atoms with van der Waals surface area (Å²) in [4.78, 5) is 10.8. The molecule has 5 heteroatoms. The number of rotatable bonds is 4. The highest BCUT2D eigenvalue weighted by Gasteiger charge is 2.16. The molecule has 0 aliphatic carbocycles. The highest BCUT2D eigenvalue weighted by Crippen LogP contribution is 2.33. The number of aromatic nitrogens is 2. The Balaban J connectivity index is 2.53. The third-order valence-corrected chi connectivity index (χ3v) is 3.28. The van der Waals surface area contributed by atoms with Gasteiger partial charge in [0.15, 0.2) is 0 Å². The fraction of sp³-hybridized carbons (Fsp3) is 0.333. The molecular formula is C15H20N4O. The van der Waals surface area contributed by atoms with Crippen LogP contribution in [0, 0.1) is 6.92 Å². The Morgan fingerprint density at radius 2 is 1.95 bits per heavy atom. The summed E-state index contributed by atoms with van der Waals surface area (Å²) >= 11 is 0. The van der Waals surface area contributed by atoms with Gasteiger partial charge in [-0.3, -0.25) is 0 Å². The van der Waals surface area contributed by atoms with Gasteiger partial charge < -0.3 is 15.4 Å². The zero-order valence-corrected chi connectivity index (χ0v) is 12.3. The van der Waals surface area contributed by atoms with E-state index < -0.39 is 0 Å². The first-order valence-electron chi connectivity index (χ1n) is 6.58. The maximum absolute atomic E-state index is 5.97. The van der Waals surface area contributed by atoms with Gasteiger partial charge in [0.2, 0.25) is 0 Å². The summed E-state index contributed by atoms with van der Waals surface area (Å²) < 4.78 is 5.40. The minimum absolute atomic E-state index is 0.522. The van der Waals surface area contributed by atoms with E-state index >= 15 is 0 Å². The SMILES string of the molecule is CCc1nc(N)c(C)c(N(C)c2ccccc2OC)n1. The maximum atomic E-state index is 5.97. The molecule has 106 valence electrons. The molecule has 0 fully saturated rings. The van der Waals surface area contributed by atoms with Crippen molar-refractivity contribution >= 4 is 17.3 Å². The minimum Gasteiger partial charge on any atom is -0.495 e. The average molecular weight is 272 g/mol. The van der Waals surface area contributed by atoms with Crippen molar-refractivity contribution in [1.29, 1.82) is 0 Å². The van der Waals surface area contributed by atoms with E-state index in [9.17, 15) is 0 Å². The number of aryl methyl sites for hydroxylation is 1. The highest BCUT2D eigenvalue weighted by molar-refractivity contribution is 5.70. The molecule has 0 amide bonds. The summed E-state index contributed by atoms with van der Waals surface area (Å²) in [5.41, 5.74) is 7.79. The molecule has 1 aromatic heterocycles. The molecule has 0 radical (unpaired) electrons. The molecule has 20 heavy (non-hydrogen) atoms. The van der Waals surface area contributed by atoms with Crippen LogP contribution in [0.4, 0.5) is 17.3 Å². The van der Waals surface area contributed by atoms with Crippen LogP contribution in [-0.2, 0) is 6.42 Å². The molecule has 0 spiro atoms. The lowest BCUT2D eigenvalue weighted by Gasteiger charge is -2.23. The van der Waals surface area contributed by atoms with Crippen LogP contribution in [0.15, 0.2) is 24.3 Å². The Morgan fingerprint density at radius 1 is 1.25 bits per heavy atom. The normalized spacial score (nSPS) is 10.4. The summed E-state index contributed by atoms with van der Waals surface area (Å²) in [5, 5.41) is 0. The van der Waals surface area contributed by atoms with Crippen LogP contribution in [0.2, 0.25) is 0 Å². The van der Waals surface area contributed by atoms with Gasteiger partial charge in [0.25, 0.3) is 0 Å². The predicted octanol–water partition coefficient (Wildman–Crippen LogP) is 2.71. The Kier molecular flexibility index (Phi) is 4.08. The lowest BCUT2D eigenvalue weighted by molar-refractivity contribution is 0.415. The topological polar surface area (TPSA) is 64.3 Å². The van der Waals surface area contributed by atoms with Crippen LogP contribution in [-0.4, -0.2) is 24.1 Å². The summed E-state index contributed by atoms with van der Waals surface area (Å²) in [6.45, 7) is 3.94. The van der Waals surface area contributed by atoms with Gasteiger partial charge in [0, 0.05) is 19.0 Å². The van der Waals surface area contributed by atoms with Crippen LogP contribution in [0.3, 0.4) is 0 Å². The minimum atomic E-state index is 0.522. The first-order valence-corrected chi connectivity index (χ1v) is 6.58. The van der Waals surface area contributed by atoms with Gasteiger partial charge >= 0.3 is 0 Å². The van der Waals surface area contributed by atoms with E-state index in [1.54, 1.807) is 7.11 Å². The first kappa shape index (κ1) is 14.1. The molecule has 1 heterocycles. The quantitative estimate of drug-likeness (QED) is 0.927. The molecule has 2 aromatic rings. The number of para-hydroxylation sites is 2. The van der Waals surface area contributed by atoms with Crippen molar-refractivity contribution in [1.82, 2.24) is 9.97 Å². The second kappa shape index (κ2) is 5.77. The number of hydrogen-bond acceptors (Lipinski definition) is 5. The molecule has 0 bridgehead atoms. The van der Waals surface area contributed by atoms with E-state index in [2.05, 4.69) is 9.97 Å². The second-order valence-corrected chi connectivity index (χ2v) is 4.56. The van der Waals surface area contributed by atoms with Gasteiger partial charge in [-0.1, -0.05) is 19.1 Å². The smallest absolute Gasteiger partial charge is 0.142 e. The van der Waals surface area contributed by atoms with Gasteiger partial charge in [-0.25, -0.2) is 9.97 Å². The summed E-state index contributed by atoms with van der Waals surface area (Å²) in [6.07, 6.45) is 0.747. The van der Waals surface area contributed by atoms with E-state index in [1.807, 2.05) is 50.1 Å². The predicted molar refractivity (Wildman–Crippen MR) is 81.6 cm³/mol. The average Bonchev–Trinajstić information content (AvgIpc) is 2.49. The Morgan fingerprint density at radius 3 is 2.60 bits per heavy atom. The monoisotopic (exact) mass is 272 g/mol. The molecule has 5 nitrogen and oxygen atoms in total. The molecule has 0 aliphatic heterocycles. The zero-order valence-electron chi connectivity index (χ0n) is 12.3. The van der Waals surface area contributed by atoms with Crippen molar-refractivity contribution < 1.29 is 4.74 Å². The van der Waals surface area contributed by atoms with E-state index in [4.69, 9.17) is 10.5 Å². The van der Waals surface area contributed by atoms with Crippen LogP contribution in [0.5, 0.6) is 5.75 Å². The van der Waals surface area contributed by atoms with E-state index in [-0.39, 0.29) is 0 Å². The third-order valence-electron chi connectivity index (χ3n) is 3.28. The van der Waals surface area contributed by atoms with Crippen LogP contribution < -0.4 is 15.4 Å². The lowest BCUT2D eigenvalue weighted by Crippen LogP contribution is -2.16. The largest absolute Gasteiger partial charge is 0.495 e. The fourth-order valence-corrected chi connectivity index (χ4v) is 2.07. The lowest BCUT2D eigenvalue weighted by atomic mass is 10.2. The Labute approximate surface area is 119 Å². The number of ether oxygens (including phenoxy) is 1. The first-order chi connectivity index (χ1) is 9.58. The summed E-state index contributed by atoms with van der Waals surface area (Å²) in [6, 6.07) is 7.82. The van der Waals surface area contributed by atoms with Crippen molar-refractivity contribution in [3.63, 3.8) is 0 Å². The van der Waals surface area contributed by atoms with Crippen molar-refractivity contribution in [2.24, 2.45) is 0 Å². The number of nitrogens with two attached hydrogens (primary N) is 1. The number of benzene rings is 1. The molecular weight excluding hydrogens is 252 g/mol. The summed E-state index contributed by atoms with van der Waals surface area (Å²) in [5.74, 6) is 2.86. The van der Waals surface area contributed by atoms with E-state index in [0.29, 0.717) is 5.82 Å². The molecule has 2 N–H and O–H groups in total. The summed E-state index contributed by atoms with van der Waals surface area (Å²) in [7, 11) is 3.61. The molecule has 1 aromatic carbocycles. The van der Waals surface area contributed by atoms with Crippen molar-refractivity contribution in [3.8, 4) is 5.75 Å². The van der Waals surface area contributed by atoms with E-state index in [1.165, 1.54) is 0 Å². The standard InChI is InChI=1S/C15H20N4O/c1-5-13-17-14(16)10(2)15(18-13)19(3)11-8-6-7-9-12(11)20-4/h6-9H,5H2,1-4H3,(H2,16,17,18). The van der Waals surface area contributed by atoms with Crippen LogP contribution >= 0.6 is 0 Å². The molecule has 2 rings (SSSR count). The number of nitrogen functional groups attached to an aromatic ring is 1. The number of hydrogen-bond donors (Lipinski definition) is 1.